The van der Waals surface area contributed by atoms with Crippen LogP contribution in [0.15, 0.2) is 34.7 Å². The summed E-state index contributed by atoms with van der Waals surface area (Å²) in [6.07, 6.45) is 8.05. The third-order valence-electron chi connectivity index (χ3n) is 7.08. The predicted octanol–water partition coefficient (Wildman–Crippen LogP) is 6.29. The van der Waals surface area contributed by atoms with Gasteiger partial charge in [-0.3, -0.25) is 9.11 Å². The lowest BCUT2D eigenvalue weighted by atomic mass is 9.79. The maximum absolute atomic E-state index is 12.3. The molecule has 1 aromatic carbocycles. The molecule has 0 N–H and O–H groups in total. The lowest BCUT2D eigenvalue weighted by Gasteiger charge is -2.40. The van der Waals surface area contributed by atoms with Crippen LogP contribution in [-0.2, 0) is 10.8 Å². The SMILES string of the molecule is CC(=C1CCN(C2CCC(C(C)C)CC2)CC1)c1ccc(S(=O)C(C)C)cc1. The standard InChI is InChI=1S/C25H39NOS/c1-18(2)21-6-10-24(11-7-21)26-16-14-23(15-17-26)20(5)22-8-12-25(13-9-22)28(27)19(3)4/h8-9,12-13,18-19,21,24H,6-7,10-11,14-17H2,1-5H3. The molecule has 2 nitrogen and oxygen atoms in total. The minimum Gasteiger partial charge on any atom is -0.300 e. The number of piperidine rings is 1. The van der Waals surface area contributed by atoms with Crippen LogP contribution >= 0.6 is 0 Å². The van der Waals surface area contributed by atoms with E-state index in [-0.39, 0.29) is 5.25 Å². The molecule has 1 aromatic rings. The smallest absolute Gasteiger partial charge is 0.0555 e. The van der Waals surface area contributed by atoms with E-state index in [0.717, 1.165) is 22.8 Å². The van der Waals surface area contributed by atoms with Crippen LogP contribution in [0, 0.1) is 11.8 Å². The third-order valence-corrected chi connectivity index (χ3v) is 8.67. The second-order valence-electron chi connectivity index (χ2n) is 9.45. The molecule has 0 aromatic heterocycles. The molecule has 3 rings (SSSR count). The molecule has 28 heavy (non-hydrogen) atoms. The molecule has 0 spiro atoms. The molecule has 0 amide bonds. The number of benzene rings is 1. The Bertz CT molecular complexity index is 686. The monoisotopic (exact) mass is 401 g/mol. The lowest BCUT2D eigenvalue weighted by molar-refractivity contribution is 0.116. The van der Waals surface area contributed by atoms with Crippen LogP contribution in [0.1, 0.15) is 78.7 Å². The Kier molecular flexibility index (Phi) is 7.55. The first-order valence-corrected chi connectivity index (χ1v) is 12.5. The van der Waals surface area contributed by atoms with Gasteiger partial charge in [-0.15, -0.1) is 0 Å². The number of nitrogens with zero attached hydrogens (tertiary/aromatic N) is 1. The molecule has 1 atom stereocenters. The van der Waals surface area contributed by atoms with E-state index in [0.29, 0.717) is 0 Å². The number of rotatable bonds is 5. The van der Waals surface area contributed by atoms with E-state index in [4.69, 9.17) is 0 Å². The Morgan fingerprint density at radius 2 is 1.54 bits per heavy atom. The summed E-state index contributed by atoms with van der Waals surface area (Å²) in [4.78, 5) is 3.71. The van der Waals surface area contributed by atoms with Crippen molar-refractivity contribution < 1.29 is 4.21 Å². The van der Waals surface area contributed by atoms with Gasteiger partial charge in [-0.2, -0.15) is 0 Å². The normalized spacial score (nSPS) is 25.3. The second-order valence-corrected chi connectivity index (χ2v) is 11.5. The highest BCUT2D eigenvalue weighted by molar-refractivity contribution is 7.85. The first kappa shape index (κ1) is 21.8. The van der Waals surface area contributed by atoms with Crippen molar-refractivity contribution in [2.45, 2.75) is 89.3 Å². The zero-order valence-electron chi connectivity index (χ0n) is 18.5. The van der Waals surface area contributed by atoms with Crippen molar-refractivity contribution in [2.24, 2.45) is 11.8 Å². The molecule has 1 unspecified atom stereocenters. The van der Waals surface area contributed by atoms with E-state index in [1.54, 1.807) is 5.57 Å². The lowest BCUT2D eigenvalue weighted by Crippen LogP contribution is -2.42. The molecule has 1 heterocycles. The molecule has 0 radical (unpaired) electrons. The zero-order chi connectivity index (χ0) is 20.3. The topological polar surface area (TPSA) is 20.3 Å². The number of allylic oxidation sites excluding steroid dienone is 1. The van der Waals surface area contributed by atoms with Crippen molar-refractivity contribution in [1.82, 2.24) is 4.90 Å². The number of hydrogen-bond donors (Lipinski definition) is 0. The summed E-state index contributed by atoms with van der Waals surface area (Å²) in [5.74, 6) is 1.80. The van der Waals surface area contributed by atoms with Gasteiger partial charge in [0.2, 0.25) is 0 Å². The highest BCUT2D eigenvalue weighted by Gasteiger charge is 2.28. The number of likely N-dealkylation sites (tertiary alicyclic amines) is 1. The molecule has 1 aliphatic carbocycles. The Morgan fingerprint density at radius 1 is 0.964 bits per heavy atom. The molecular formula is C25H39NOS. The minimum atomic E-state index is -0.898. The van der Waals surface area contributed by atoms with Crippen LogP contribution in [-0.4, -0.2) is 33.5 Å². The van der Waals surface area contributed by atoms with Crippen LogP contribution in [0.5, 0.6) is 0 Å². The van der Waals surface area contributed by atoms with E-state index in [1.165, 1.54) is 62.8 Å². The zero-order valence-corrected chi connectivity index (χ0v) is 19.4. The maximum Gasteiger partial charge on any atom is 0.0555 e. The quantitative estimate of drug-likeness (QED) is 0.578. The van der Waals surface area contributed by atoms with E-state index < -0.39 is 10.8 Å². The average Bonchev–Trinajstić information content (AvgIpc) is 2.73. The molecule has 156 valence electrons. The van der Waals surface area contributed by atoms with Crippen molar-refractivity contribution in [2.75, 3.05) is 13.1 Å². The summed E-state index contributed by atoms with van der Waals surface area (Å²) in [6.45, 7) is 13.5. The van der Waals surface area contributed by atoms with Crippen molar-refractivity contribution >= 4 is 16.4 Å². The van der Waals surface area contributed by atoms with Gasteiger partial charge in [0.15, 0.2) is 0 Å². The van der Waals surface area contributed by atoms with Crippen LogP contribution < -0.4 is 0 Å². The third kappa shape index (κ3) is 5.16. The van der Waals surface area contributed by atoms with Gasteiger partial charge >= 0.3 is 0 Å². The van der Waals surface area contributed by atoms with Gasteiger partial charge < -0.3 is 0 Å². The van der Waals surface area contributed by atoms with Crippen molar-refractivity contribution in [3.63, 3.8) is 0 Å². The molecule has 3 heteroatoms. The van der Waals surface area contributed by atoms with Gasteiger partial charge in [0.1, 0.15) is 0 Å². The average molecular weight is 402 g/mol. The van der Waals surface area contributed by atoms with Crippen LogP contribution in [0.2, 0.25) is 0 Å². The van der Waals surface area contributed by atoms with Crippen LogP contribution in [0.3, 0.4) is 0 Å². The molecule has 0 bridgehead atoms. The van der Waals surface area contributed by atoms with Gasteiger partial charge in [-0.05, 0) is 80.6 Å². The summed E-state index contributed by atoms with van der Waals surface area (Å²) < 4.78 is 12.3. The molecule has 1 saturated heterocycles. The van der Waals surface area contributed by atoms with E-state index in [2.05, 4.69) is 49.9 Å². The van der Waals surface area contributed by atoms with E-state index in [9.17, 15) is 4.21 Å². The van der Waals surface area contributed by atoms with Crippen molar-refractivity contribution in [1.29, 1.82) is 0 Å². The minimum absolute atomic E-state index is 0.172. The van der Waals surface area contributed by atoms with Gasteiger partial charge in [-0.1, -0.05) is 45.4 Å². The van der Waals surface area contributed by atoms with Gasteiger partial charge in [-0.25, -0.2) is 0 Å². The van der Waals surface area contributed by atoms with Crippen LogP contribution in [0.4, 0.5) is 0 Å². The van der Waals surface area contributed by atoms with E-state index >= 15 is 0 Å². The summed E-state index contributed by atoms with van der Waals surface area (Å²) in [5, 5.41) is 0.172. The Labute approximate surface area is 175 Å². The summed E-state index contributed by atoms with van der Waals surface area (Å²) in [7, 11) is -0.898. The van der Waals surface area contributed by atoms with Crippen molar-refractivity contribution in [3.8, 4) is 0 Å². The Morgan fingerprint density at radius 3 is 2.04 bits per heavy atom. The maximum atomic E-state index is 12.3. The second kappa shape index (κ2) is 9.71. The molecular weight excluding hydrogens is 362 g/mol. The fourth-order valence-corrected chi connectivity index (χ4v) is 5.93. The highest BCUT2D eigenvalue weighted by Crippen LogP contribution is 2.35. The predicted molar refractivity (Wildman–Crippen MR) is 122 cm³/mol. The Hall–Kier alpha value is -0.930. The van der Waals surface area contributed by atoms with Gasteiger partial charge in [0.05, 0.1) is 10.8 Å². The first-order chi connectivity index (χ1) is 13.4. The van der Waals surface area contributed by atoms with E-state index in [1.807, 2.05) is 13.8 Å². The summed E-state index contributed by atoms with van der Waals surface area (Å²) in [5.41, 5.74) is 4.35. The summed E-state index contributed by atoms with van der Waals surface area (Å²) >= 11 is 0. The molecule has 2 aliphatic rings. The molecule has 2 fully saturated rings. The highest BCUT2D eigenvalue weighted by atomic mass is 32.2. The first-order valence-electron chi connectivity index (χ1n) is 11.3. The fraction of sp³-hybridized carbons (Fsp3) is 0.680. The van der Waals surface area contributed by atoms with Crippen molar-refractivity contribution in [3.05, 3.63) is 35.4 Å². The van der Waals surface area contributed by atoms with Gasteiger partial charge in [0, 0.05) is 29.3 Å². The molecule has 1 saturated carbocycles. The van der Waals surface area contributed by atoms with Gasteiger partial charge in [0.25, 0.3) is 0 Å². The number of hydrogen-bond acceptors (Lipinski definition) is 2. The molecule has 1 aliphatic heterocycles. The fourth-order valence-electron chi connectivity index (χ4n) is 4.98. The largest absolute Gasteiger partial charge is 0.300 e. The van der Waals surface area contributed by atoms with Crippen LogP contribution in [0.25, 0.3) is 5.57 Å². The Balaban J connectivity index is 1.57. The summed E-state index contributed by atoms with van der Waals surface area (Å²) in [6, 6.07) is 9.26.